The summed E-state index contributed by atoms with van der Waals surface area (Å²) in [7, 11) is 1.38. The van der Waals surface area contributed by atoms with E-state index in [1.807, 2.05) is 12.3 Å². The number of halogens is 2. The molecule has 0 spiro atoms. The summed E-state index contributed by atoms with van der Waals surface area (Å²) in [5.41, 5.74) is 0.573. The Morgan fingerprint density at radius 2 is 2.21 bits per heavy atom. The third kappa shape index (κ3) is 2.64. The molecule has 2 nitrogen and oxygen atoms in total. The molecule has 0 aliphatic carbocycles. The molecule has 0 bridgehead atoms. The van der Waals surface area contributed by atoms with Crippen LogP contribution in [0.4, 0.5) is 0 Å². The van der Waals surface area contributed by atoms with Gasteiger partial charge < -0.3 is 4.74 Å². The number of rotatable bonds is 2. The van der Waals surface area contributed by atoms with Crippen LogP contribution in [-0.4, -0.2) is 19.3 Å². The van der Waals surface area contributed by atoms with Crippen LogP contribution in [-0.2, 0) is 4.74 Å². The van der Waals surface area contributed by atoms with Gasteiger partial charge >= 0.3 is 5.97 Å². The molecule has 0 N–H and O–H groups in total. The van der Waals surface area contributed by atoms with Gasteiger partial charge in [0.05, 0.1) is 12.7 Å². The fourth-order valence-electron chi connectivity index (χ4n) is 0.948. The quantitative estimate of drug-likeness (QED) is 0.441. The van der Waals surface area contributed by atoms with E-state index in [1.54, 1.807) is 17.8 Å². The molecule has 0 fully saturated rings. The molecule has 76 valence electrons. The Morgan fingerprint density at radius 1 is 1.57 bits per heavy atom. The highest BCUT2D eigenvalue weighted by atomic mass is 127. The van der Waals surface area contributed by atoms with Crippen LogP contribution < -0.4 is 0 Å². The first-order valence-electron chi connectivity index (χ1n) is 3.71. The van der Waals surface area contributed by atoms with Crippen LogP contribution in [0.15, 0.2) is 21.5 Å². The molecule has 0 aliphatic heterocycles. The number of carbonyl (C=O) groups is 1. The van der Waals surface area contributed by atoms with Crippen molar-refractivity contribution in [3.8, 4) is 0 Å². The maximum absolute atomic E-state index is 11.3. The monoisotopic (exact) mass is 386 g/mol. The van der Waals surface area contributed by atoms with E-state index in [0.717, 1.165) is 12.9 Å². The highest BCUT2D eigenvalue weighted by Gasteiger charge is 2.11. The minimum Gasteiger partial charge on any atom is -0.465 e. The predicted molar refractivity (Wildman–Crippen MR) is 70.0 cm³/mol. The first kappa shape index (κ1) is 12.3. The van der Waals surface area contributed by atoms with Gasteiger partial charge in [0.15, 0.2) is 0 Å². The molecule has 0 radical (unpaired) electrons. The van der Waals surface area contributed by atoms with Gasteiger partial charge in [0.2, 0.25) is 0 Å². The lowest BCUT2D eigenvalue weighted by atomic mass is 10.2. The Balaban J connectivity index is 3.22. The van der Waals surface area contributed by atoms with E-state index in [-0.39, 0.29) is 5.97 Å². The predicted octanol–water partition coefficient (Wildman–Crippen LogP) is 3.56. The standard InChI is InChI=1S/C9H8BrIO2S/c1-13-9(12)5-3-6(10)8(11)7(4-5)14-2/h3-4H,1-2H3. The Morgan fingerprint density at radius 3 is 2.71 bits per heavy atom. The normalized spacial score (nSPS) is 10.0. The second kappa shape index (κ2) is 5.37. The summed E-state index contributed by atoms with van der Waals surface area (Å²) < 4.78 is 6.69. The smallest absolute Gasteiger partial charge is 0.337 e. The van der Waals surface area contributed by atoms with E-state index in [0.29, 0.717) is 5.56 Å². The van der Waals surface area contributed by atoms with Crippen molar-refractivity contribution < 1.29 is 9.53 Å². The number of hydrogen-bond donors (Lipinski definition) is 0. The average molecular weight is 387 g/mol. The number of methoxy groups -OCH3 is 1. The summed E-state index contributed by atoms with van der Waals surface area (Å²) in [6.07, 6.45) is 1.98. The van der Waals surface area contributed by atoms with Crippen LogP contribution in [0.3, 0.4) is 0 Å². The first-order chi connectivity index (χ1) is 6.60. The largest absolute Gasteiger partial charge is 0.465 e. The SMILES string of the molecule is COC(=O)c1cc(Br)c(I)c(SC)c1. The fraction of sp³-hybridized carbons (Fsp3) is 0.222. The Bertz CT molecular complexity index is 368. The molecule has 0 aromatic heterocycles. The minimum absolute atomic E-state index is 0.308. The Labute approximate surface area is 109 Å². The molecule has 0 aliphatic rings. The van der Waals surface area contributed by atoms with Gasteiger partial charge in [-0.1, -0.05) is 0 Å². The van der Waals surface area contributed by atoms with Crippen molar-refractivity contribution in [3.05, 3.63) is 25.7 Å². The van der Waals surface area contributed by atoms with Gasteiger partial charge in [0.25, 0.3) is 0 Å². The Hall–Kier alpha value is 0.250. The zero-order valence-corrected chi connectivity index (χ0v) is 12.2. The summed E-state index contributed by atoms with van der Waals surface area (Å²) in [5.74, 6) is -0.308. The minimum atomic E-state index is -0.308. The highest BCUT2D eigenvalue weighted by Crippen LogP contribution is 2.30. The molecule has 0 amide bonds. The van der Waals surface area contributed by atoms with Crippen LogP contribution in [0, 0.1) is 3.57 Å². The highest BCUT2D eigenvalue weighted by molar-refractivity contribution is 14.1. The molecule has 1 aromatic rings. The van der Waals surface area contributed by atoms with Gasteiger partial charge in [0.1, 0.15) is 0 Å². The van der Waals surface area contributed by atoms with E-state index in [1.165, 1.54) is 7.11 Å². The lowest BCUT2D eigenvalue weighted by Gasteiger charge is -2.06. The first-order valence-corrected chi connectivity index (χ1v) is 6.81. The molecule has 0 saturated heterocycles. The van der Waals surface area contributed by atoms with Gasteiger partial charge in [-0.2, -0.15) is 0 Å². The van der Waals surface area contributed by atoms with Crippen molar-refractivity contribution in [3.63, 3.8) is 0 Å². The van der Waals surface area contributed by atoms with E-state index < -0.39 is 0 Å². The third-order valence-electron chi connectivity index (χ3n) is 1.64. The van der Waals surface area contributed by atoms with Crippen LogP contribution >= 0.6 is 50.3 Å². The van der Waals surface area contributed by atoms with Crippen molar-refractivity contribution in [1.29, 1.82) is 0 Å². The number of carbonyl (C=O) groups excluding carboxylic acids is 1. The molecule has 14 heavy (non-hydrogen) atoms. The number of hydrogen-bond acceptors (Lipinski definition) is 3. The van der Waals surface area contributed by atoms with Crippen LogP contribution in [0.5, 0.6) is 0 Å². The average Bonchev–Trinajstić information content (AvgIpc) is 2.20. The van der Waals surface area contributed by atoms with Crippen LogP contribution in [0.25, 0.3) is 0 Å². The second-order valence-electron chi connectivity index (χ2n) is 2.47. The van der Waals surface area contributed by atoms with Crippen LogP contribution in [0.1, 0.15) is 10.4 Å². The fourth-order valence-corrected chi connectivity index (χ4v) is 3.05. The van der Waals surface area contributed by atoms with Gasteiger partial charge in [-0.15, -0.1) is 11.8 Å². The number of thioether (sulfide) groups is 1. The van der Waals surface area contributed by atoms with Gasteiger partial charge in [-0.25, -0.2) is 4.79 Å². The van der Waals surface area contributed by atoms with E-state index in [4.69, 9.17) is 0 Å². The van der Waals surface area contributed by atoms with Crippen LogP contribution in [0.2, 0.25) is 0 Å². The maximum Gasteiger partial charge on any atom is 0.337 e. The molecule has 1 rings (SSSR count). The van der Waals surface area contributed by atoms with E-state index >= 15 is 0 Å². The molecule has 5 heteroatoms. The van der Waals surface area contributed by atoms with E-state index in [2.05, 4.69) is 43.3 Å². The zero-order chi connectivity index (χ0) is 10.7. The molecule has 1 aromatic carbocycles. The van der Waals surface area contributed by atoms with Crippen molar-refractivity contribution in [2.75, 3.05) is 13.4 Å². The molecular weight excluding hydrogens is 379 g/mol. The summed E-state index contributed by atoms with van der Waals surface area (Å²) in [4.78, 5) is 12.4. The van der Waals surface area contributed by atoms with Gasteiger partial charge in [-0.3, -0.25) is 0 Å². The van der Waals surface area contributed by atoms with Crippen molar-refractivity contribution >= 4 is 56.3 Å². The maximum atomic E-state index is 11.3. The third-order valence-corrected chi connectivity index (χ3v) is 5.29. The zero-order valence-electron chi connectivity index (χ0n) is 7.64. The number of esters is 1. The summed E-state index contributed by atoms with van der Waals surface area (Å²) >= 11 is 7.25. The molecular formula is C9H8BrIO2S. The Kier molecular flexibility index (Phi) is 4.72. The summed E-state index contributed by atoms with van der Waals surface area (Å²) in [6, 6.07) is 3.61. The summed E-state index contributed by atoms with van der Waals surface area (Å²) in [5, 5.41) is 0. The number of ether oxygens (including phenoxy) is 1. The number of benzene rings is 1. The summed E-state index contributed by atoms with van der Waals surface area (Å²) in [6.45, 7) is 0. The van der Waals surface area contributed by atoms with Crippen molar-refractivity contribution in [1.82, 2.24) is 0 Å². The van der Waals surface area contributed by atoms with Gasteiger partial charge in [-0.05, 0) is 56.9 Å². The lowest BCUT2D eigenvalue weighted by Crippen LogP contribution is -2.02. The lowest BCUT2D eigenvalue weighted by molar-refractivity contribution is 0.0600. The molecule has 0 unspecified atom stereocenters. The second-order valence-corrected chi connectivity index (χ2v) is 5.25. The van der Waals surface area contributed by atoms with Crippen molar-refractivity contribution in [2.45, 2.75) is 4.90 Å². The van der Waals surface area contributed by atoms with E-state index in [9.17, 15) is 4.79 Å². The van der Waals surface area contributed by atoms with Gasteiger partial charge in [0, 0.05) is 12.9 Å². The molecule has 0 heterocycles. The van der Waals surface area contributed by atoms with Crippen molar-refractivity contribution in [2.24, 2.45) is 0 Å². The topological polar surface area (TPSA) is 26.3 Å². The molecule has 0 saturated carbocycles. The molecule has 0 atom stereocenters.